The van der Waals surface area contributed by atoms with Crippen LogP contribution in [0.5, 0.6) is 0 Å². The van der Waals surface area contributed by atoms with Crippen LogP contribution in [0.25, 0.3) is 0 Å². The molecule has 2 rings (SSSR count). The molecular weight excluding hydrogens is 276 g/mol. The molecule has 0 aromatic carbocycles. The van der Waals surface area contributed by atoms with E-state index in [0.717, 1.165) is 31.7 Å². The lowest BCUT2D eigenvalue weighted by atomic mass is 9.80. The van der Waals surface area contributed by atoms with E-state index in [0.29, 0.717) is 18.6 Å². The highest BCUT2D eigenvalue weighted by molar-refractivity contribution is 5.67. The van der Waals surface area contributed by atoms with Crippen LogP contribution in [0.2, 0.25) is 0 Å². The summed E-state index contributed by atoms with van der Waals surface area (Å²) in [5.41, 5.74) is 0. The zero-order valence-electron chi connectivity index (χ0n) is 12.4. The highest BCUT2D eigenvalue weighted by Crippen LogP contribution is 2.32. The Morgan fingerprint density at radius 1 is 1.52 bits per heavy atom. The quantitative estimate of drug-likeness (QED) is 0.709. The number of carboxylic acids is 1. The fraction of sp³-hybridized carbons (Fsp3) is 0.846. The number of aliphatic carboxylic acids is 1. The summed E-state index contributed by atoms with van der Waals surface area (Å²) in [4.78, 5) is 10.8. The summed E-state index contributed by atoms with van der Waals surface area (Å²) in [6.45, 7) is 3.10. The minimum atomic E-state index is -0.893. The van der Waals surface area contributed by atoms with Crippen LogP contribution in [0.4, 0.5) is 0 Å². The average Bonchev–Trinajstić information content (AvgIpc) is 2.82. The number of carboxylic acid groups (broad SMARTS) is 1. The summed E-state index contributed by atoms with van der Waals surface area (Å²) >= 11 is 0. The van der Waals surface area contributed by atoms with Gasteiger partial charge in [-0.15, -0.1) is 5.10 Å². The Hall–Kier alpha value is -1.54. The maximum absolute atomic E-state index is 10.8. The van der Waals surface area contributed by atoms with Gasteiger partial charge in [-0.25, -0.2) is 4.68 Å². The van der Waals surface area contributed by atoms with Gasteiger partial charge in [-0.3, -0.25) is 4.79 Å². The largest absolute Gasteiger partial charge is 0.481 e. The minimum absolute atomic E-state index is 0.0638. The van der Waals surface area contributed by atoms with Gasteiger partial charge in [-0.05, 0) is 36.1 Å². The van der Waals surface area contributed by atoms with Crippen LogP contribution in [0.1, 0.15) is 32.0 Å². The van der Waals surface area contributed by atoms with Crippen LogP contribution < -0.4 is 0 Å². The monoisotopic (exact) mass is 298 g/mol. The third kappa shape index (κ3) is 4.47. The number of carbonyl (C=O) groups is 1. The molecule has 1 atom stereocenters. The predicted octanol–water partition coefficient (Wildman–Crippen LogP) is 0.520. The summed E-state index contributed by atoms with van der Waals surface area (Å²) in [6, 6.07) is 0. The van der Waals surface area contributed by atoms with E-state index in [1.165, 1.54) is 7.11 Å². The van der Waals surface area contributed by atoms with Crippen molar-refractivity contribution in [2.75, 3.05) is 13.7 Å². The van der Waals surface area contributed by atoms with Crippen LogP contribution in [-0.2, 0) is 27.2 Å². The highest BCUT2D eigenvalue weighted by Gasteiger charge is 2.31. The molecule has 8 heteroatoms. The van der Waals surface area contributed by atoms with Gasteiger partial charge >= 0.3 is 5.97 Å². The van der Waals surface area contributed by atoms with E-state index in [2.05, 4.69) is 15.5 Å². The Balaban J connectivity index is 1.85. The van der Waals surface area contributed by atoms with Crippen molar-refractivity contribution in [3.8, 4) is 0 Å². The number of ether oxygens (including phenoxy) is 2. The molecular formula is C13H22N4O4. The molecule has 1 fully saturated rings. The molecule has 0 bridgehead atoms. The second-order valence-electron chi connectivity index (χ2n) is 5.35. The Bertz CT molecular complexity index is 459. The van der Waals surface area contributed by atoms with E-state index in [4.69, 9.17) is 14.6 Å². The van der Waals surface area contributed by atoms with Gasteiger partial charge in [-0.2, -0.15) is 0 Å². The third-order valence-corrected chi connectivity index (χ3v) is 3.78. The number of hydrogen-bond acceptors (Lipinski definition) is 6. The van der Waals surface area contributed by atoms with Crippen molar-refractivity contribution < 1.29 is 19.4 Å². The smallest absolute Gasteiger partial charge is 0.306 e. The van der Waals surface area contributed by atoms with E-state index in [-0.39, 0.29) is 6.42 Å². The van der Waals surface area contributed by atoms with E-state index in [1.807, 2.05) is 6.92 Å². The first-order valence-corrected chi connectivity index (χ1v) is 7.23. The summed E-state index contributed by atoms with van der Waals surface area (Å²) in [7, 11) is 1.50. The van der Waals surface area contributed by atoms with Crippen molar-refractivity contribution in [2.45, 2.75) is 51.4 Å². The zero-order valence-corrected chi connectivity index (χ0v) is 12.4. The van der Waals surface area contributed by atoms with E-state index in [9.17, 15) is 4.79 Å². The lowest BCUT2D eigenvalue weighted by molar-refractivity contribution is -0.140. The van der Waals surface area contributed by atoms with Gasteiger partial charge in [0.05, 0.1) is 25.2 Å². The van der Waals surface area contributed by atoms with Gasteiger partial charge in [0.2, 0.25) is 0 Å². The van der Waals surface area contributed by atoms with Crippen LogP contribution in [0, 0.1) is 5.92 Å². The second kappa shape index (κ2) is 7.46. The molecule has 0 saturated heterocycles. The number of aromatic nitrogens is 4. The van der Waals surface area contributed by atoms with Crippen molar-refractivity contribution >= 4 is 5.97 Å². The van der Waals surface area contributed by atoms with Gasteiger partial charge in [0, 0.05) is 20.1 Å². The van der Waals surface area contributed by atoms with Crippen molar-refractivity contribution in [3.63, 3.8) is 0 Å². The molecule has 21 heavy (non-hydrogen) atoms. The zero-order chi connectivity index (χ0) is 15.2. The molecule has 0 radical (unpaired) electrons. The highest BCUT2D eigenvalue weighted by atomic mass is 16.5. The number of hydrogen-bond donors (Lipinski definition) is 1. The Morgan fingerprint density at radius 3 is 2.90 bits per heavy atom. The lowest BCUT2D eigenvalue weighted by Gasteiger charge is -2.34. The number of nitrogens with zero attached hydrogens (tertiary/aromatic N) is 4. The molecule has 1 unspecified atom stereocenters. The molecule has 1 aromatic rings. The summed E-state index contributed by atoms with van der Waals surface area (Å²) in [5, 5.41) is 20.5. The van der Waals surface area contributed by atoms with Crippen molar-refractivity contribution in [3.05, 3.63) is 5.82 Å². The Kier molecular flexibility index (Phi) is 5.63. The maximum Gasteiger partial charge on any atom is 0.306 e. The number of rotatable bonds is 9. The molecule has 1 aliphatic carbocycles. The molecule has 1 aromatic heterocycles. The van der Waals surface area contributed by atoms with E-state index >= 15 is 0 Å². The van der Waals surface area contributed by atoms with Crippen LogP contribution in [0.3, 0.4) is 0 Å². The van der Waals surface area contributed by atoms with Crippen LogP contribution in [0.15, 0.2) is 0 Å². The molecule has 8 nitrogen and oxygen atoms in total. The first-order chi connectivity index (χ1) is 10.1. The molecule has 0 aliphatic heterocycles. The average molecular weight is 298 g/mol. The molecule has 118 valence electrons. The van der Waals surface area contributed by atoms with Gasteiger partial charge in [0.25, 0.3) is 0 Å². The van der Waals surface area contributed by atoms with Crippen molar-refractivity contribution in [1.82, 2.24) is 20.2 Å². The molecule has 1 saturated carbocycles. The van der Waals surface area contributed by atoms with Crippen LogP contribution in [-0.4, -0.2) is 57.2 Å². The van der Waals surface area contributed by atoms with Gasteiger partial charge in [0.15, 0.2) is 5.82 Å². The lowest BCUT2D eigenvalue weighted by Crippen LogP contribution is -2.33. The van der Waals surface area contributed by atoms with Crippen molar-refractivity contribution in [2.24, 2.45) is 5.92 Å². The summed E-state index contributed by atoms with van der Waals surface area (Å²) in [6.07, 6.45) is 2.73. The molecule has 0 spiro atoms. The summed E-state index contributed by atoms with van der Waals surface area (Å²) in [5.74, 6) is 0.421. The fourth-order valence-corrected chi connectivity index (χ4v) is 2.59. The van der Waals surface area contributed by atoms with Crippen molar-refractivity contribution in [1.29, 1.82) is 0 Å². The van der Waals surface area contributed by atoms with E-state index < -0.39 is 12.1 Å². The number of methoxy groups -OCH3 is 1. The molecule has 0 amide bonds. The molecule has 1 N–H and O–H groups in total. The van der Waals surface area contributed by atoms with Gasteiger partial charge < -0.3 is 14.6 Å². The predicted molar refractivity (Wildman–Crippen MR) is 72.7 cm³/mol. The van der Waals surface area contributed by atoms with Gasteiger partial charge in [0.1, 0.15) is 0 Å². The first kappa shape index (κ1) is 15.8. The minimum Gasteiger partial charge on any atom is -0.481 e. The normalized spacial score (nSPS) is 22.8. The Labute approximate surface area is 123 Å². The first-order valence-electron chi connectivity index (χ1n) is 7.23. The second-order valence-corrected chi connectivity index (χ2v) is 5.35. The molecule has 1 aliphatic rings. The third-order valence-electron chi connectivity index (χ3n) is 3.78. The number of tetrazole rings is 1. The topological polar surface area (TPSA) is 99.4 Å². The van der Waals surface area contributed by atoms with Crippen LogP contribution >= 0.6 is 0 Å². The molecule has 1 heterocycles. The van der Waals surface area contributed by atoms with E-state index in [1.54, 1.807) is 4.68 Å². The SMILES string of the molecule is CCOC1CC(Cc2nnnn2CC(CC(=O)O)OC)C1. The fourth-order valence-electron chi connectivity index (χ4n) is 2.59. The maximum atomic E-state index is 10.8. The van der Waals surface area contributed by atoms with Gasteiger partial charge in [-0.1, -0.05) is 0 Å². The summed E-state index contributed by atoms with van der Waals surface area (Å²) < 4.78 is 12.3. The Morgan fingerprint density at radius 2 is 2.29 bits per heavy atom. The standard InChI is InChI=1S/C13H22N4O4/c1-3-21-10-4-9(5-10)6-12-14-15-16-17(12)8-11(20-2)7-13(18)19/h9-11H,3-8H2,1-2H3,(H,18,19).